The number of amides is 2. The van der Waals surface area contributed by atoms with E-state index in [1.807, 2.05) is 6.92 Å². The van der Waals surface area contributed by atoms with E-state index < -0.39 is 22.2 Å². The Hall–Kier alpha value is -3.07. The van der Waals surface area contributed by atoms with Crippen LogP contribution in [0.4, 0.5) is 10.5 Å². The fourth-order valence-corrected chi connectivity index (χ4v) is 7.08. The van der Waals surface area contributed by atoms with E-state index in [0.29, 0.717) is 28.6 Å². The summed E-state index contributed by atoms with van der Waals surface area (Å²) < 4.78 is 40.3. The van der Waals surface area contributed by atoms with Crippen molar-refractivity contribution in [3.63, 3.8) is 0 Å². The molecule has 0 spiro atoms. The summed E-state index contributed by atoms with van der Waals surface area (Å²) in [7, 11) is -2.31. The van der Waals surface area contributed by atoms with E-state index in [4.69, 9.17) is 9.26 Å². The molecular weight excluding hydrogens is 532 g/mol. The van der Waals surface area contributed by atoms with Crippen LogP contribution in [0.2, 0.25) is 0 Å². The first-order valence-electron chi connectivity index (χ1n) is 13.9. The molecular formula is C29H40N4O6S. The molecule has 4 rings (SSSR count). The molecule has 1 aliphatic carbocycles. The topological polar surface area (TPSA) is 125 Å². The molecule has 11 heteroatoms. The number of fused-ring (bicyclic) bond motifs is 1. The second-order valence-corrected chi connectivity index (χ2v) is 12.9. The Morgan fingerprint density at radius 2 is 2.02 bits per heavy atom. The molecule has 10 nitrogen and oxygen atoms in total. The molecule has 3 atom stereocenters. The lowest BCUT2D eigenvalue weighted by molar-refractivity contribution is 0.0830. The smallest absolute Gasteiger partial charge is 0.321 e. The summed E-state index contributed by atoms with van der Waals surface area (Å²) in [6.07, 6.45) is 5.20. The minimum Gasteiger partial charge on any atom is -0.487 e. The third kappa shape index (κ3) is 6.62. The molecule has 2 heterocycles. The van der Waals surface area contributed by atoms with Crippen LogP contribution in [-0.2, 0) is 10.0 Å². The van der Waals surface area contributed by atoms with Gasteiger partial charge in [-0.05, 0) is 57.7 Å². The molecule has 0 bridgehead atoms. The number of aliphatic hydroxyl groups excluding tert-OH is 1. The molecule has 40 heavy (non-hydrogen) atoms. The van der Waals surface area contributed by atoms with Gasteiger partial charge in [0.1, 0.15) is 28.1 Å². The Morgan fingerprint density at radius 1 is 1.30 bits per heavy atom. The maximum Gasteiger partial charge on any atom is 0.321 e. The highest BCUT2D eigenvalue weighted by Crippen LogP contribution is 2.34. The molecule has 0 radical (unpaired) electrons. The molecule has 1 fully saturated rings. The van der Waals surface area contributed by atoms with Gasteiger partial charge in [-0.1, -0.05) is 36.8 Å². The quantitative estimate of drug-likeness (QED) is 0.498. The summed E-state index contributed by atoms with van der Waals surface area (Å²) >= 11 is 0. The number of carbonyl (C=O) groups is 1. The first-order chi connectivity index (χ1) is 19.0. The van der Waals surface area contributed by atoms with Crippen molar-refractivity contribution < 1.29 is 27.6 Å². The Labute approximate surface area is 237 Å². The number of nitrogens with one attached hydrogen (secondary N) is 1. The predicted molar refractivity (Wildman–Crippen MR) is 152 cm³/mol. The van der Waals surface area contributed by atoms with Crippen LogP contribution in [0.25, 0.3) is 0 Å². The molecule has 1 aromatic heterocycles. The van der Waals surface area contributed by atoms with Gasteiger partial charge in [0.2, 0.25) is 10.0 Å². The highest BCUT2D eigenvalue weighted by atomic mass is 32.2. The standard InChI is InChI=1S/C29H40N4O6S/c1-19-16-33(20(2)18-34)40(36,37)27-14-13-24(12-8-11-23-9-6-7-10-23)15-25(27)38-26(19)17-32(5)29(35)30-28-21(3)31-39-22(28)4/h13-15,19-20,23,26,34H,6-7,9-11,16-18H2,1-5H3,(H,30,35)/t19-,20-,26+/m1/s1. The largest absolute Gasteiger partial charge is 0.487 e. The van der Waals surface area contributed by atoms with Crippen molar-refractivity contribution >= 4 is 21.7 Å². The van der Waals surface area contributed by atoms with Gasteiger partial charge >= 0.3 is 6.03 Å². The Balaban J connectivity index is 1.62. The van der Waals surface area contributed by atoms with E-state index >= 15 is 0 Å². The number of ether oxygens (including phenoxy) is 1. The molecule has 2 aromatic rings. The second kappa shape index (κ2) is 12.6. The second-order valence-electron chi connectivity index (χ2n) is 11.1. The number of aliphatic hydroxyl groups is 1. The van der Waals surface area contributed by atoms with Crippen molar-refractivity contribution in [1.29, 1.82) is 0 Å². The molecule has 0 unspecified atom stereocenters. The van der Waals surface area contributed by atoms with E-state index in [2.05, 4.69) is 22.3 Å². The number of urea groups is 1. The number of anilines is 1. The average molecular weight is 573 g/mol. The molecule has 2 aliphatic rings. The van der Waals surface area contributed by atoms with Crippen LogP contribution >= 0.6 is 0 Å². The molecule has 1 aromatic carbocycles. The Bertz CT molecular complexity index is 1350. The highest BCUT2D eigenvalue weighted by molar-refractivity contribution is 7.89. The summed E-state index contributed by atoms with van der Waals surface area (Å²) in [6.45, 7) is 7.01. The van der Waals surface area contributed by atoms with Gasteiger partial charge < -0.3 is 24.6 Å². The first kappa shape index (κ1) is 29.9. The van der Waals surface area contributed by atoms with Crippen LogP contribution in [0.3, 0.4) is 0 Å². The van der Waals surface area contributed by atoms with Gasteiger partial charge in [-0.2, -0.15) is 4.31 Å². The number of hydrogen-bond acceptors (Lipinski definition) is 7. The van der Waals surface area contributed by atoms with Gasteiger partial charge in [0.05, 0.1) is 13.2 Å². The van der Waals surface area contributed by atoms with E-state index in [9.17, 15) is 18.3 Å². The van der Waals surface area contributed by atoms with Crippen molar-refractivity contribution in [1.82, 2.24) is 14.4 Å². The van der Waals surface area contributed by atoms with Gasteiger partial charge in [-0.25, -0.2) is 13.2 Å². The highest BCUT2D eigenvalue weighted by Gasteiger charge is 2.38. The van der Waals surface area contributed by atoms with Crippen LogP contribution < -0.4 is 10.1 Å². The van der Waals surface area contributed by atoms with Crippen molar-refractivity contribution in [3.8, 4) is 17.6 Å². The number of rotatable bonds is 6. The number of aryl methyl sites for hydroxylation is 2. The zero-order valence-electron chi connectivity index (χ0n) is 23.9. The molecule has 218 valence electrons. The van der Waals surface area contributed by atoms with Crippen LogP contribution in [0, 0.1) is 37.5 Å². The summed E-state index contributed by atoms with van der Waals surface area (Å²) in [6, 6.07) is 3.90. The fourth-order valence-electron chi connectivity index (χ4n) is 5.25. The zero-order valence-corrected chi connectivity index (χ0v) is 24.8. The number of sulfonamides is 1. The minimum absolute atomic E-state index is 0.0221. The van der Waals surface area contributed by atoms with Crippen LogP contribution in [0.1, 0.15) is 63.0 Å². The first-order valence-corrected chi connectivity index (χ1v) is 15.3. The molecule has 2 amide bonds. The lowest BCUT2D eigenvalue weighted by Gasteiger charge is -2.37. The number of aromatic nitrogens is 1. The van der Waals surface area contributed by atoms with Gasteiger partial charge in [0.15, 0.2) is 5.76 Å². The third-order valence-corrected chi connectivity index (χ3v) is 9.85. The van der Waals surface area contributed by atoms with Crippen LogP contribution in [-0.4, -0.2) is 72.8 Å². The summed E-state index contributed by atoms with van der Waals surface area (Å²) in [5.74, 6) is 7.46. The third-order valence-electron chi connectivity index (χ3n) is 7.83. The summed E-state index contributed by atoms with van der Waals surface area (Å²) in [5.41, 5.74) is 1.76. The molecule has 0 saturated heterocycles. The fraction of sp³-hybridized carbons (Fsp3) is 0.586. The van der Waals surface area contributed by atoms with Gasteiger partial charge in [0, 0.05) is 37.5 Å². The van der Waals surface area contributed by atoms with E-state index in [1.165, 1.54) is 41.0 Å². The molecule has 2 N–H and O–H groups in total. The lowest BCUT2D eigenvalue weighted by atomic mass is 10.0. The summed E-state index contributed by atoms with van der Waals surface area (Å²) in [4.78, 5) is 14.5. The molecule has 1 aliphatic heterocycles. The number of carbonyl (C=O) groups excluding carboxylic acids is 1. The maximum atomic E-state index is 13.7. The maximum absolute atomic E-state index is 13.7. The number of hydrogen-bond donors (Lipinski definition) is 2. The minimum atomic E-state index is -3.96. The van der Waals surface area contributed by atoms with E-state index in [1.54, 1.807) is 40.0 Å². The number of likely N-dealkylation sites (N-methyl/N-ethyl adjacent to an activating group) is 1. The van der Waals surface area contributed by atoms with Crippen LogP contribution in [0.15, 0.2) is 27.6 Å². The van der Waals surface area contributed by atoms with E-state index in [-0.39, 0.29) is 42.3 Å². The predicted octanol–water partition coefficient (Wildman–Crippen LogP) is 4.16. The normalized spacial score (nSPS) is 21.8. The number of benzene rings is 1. The van der Waals surface area contributed by atoms with Crippen molar-refractivity contribution in [2.24, 2.45) is 11.8 Å². The van der Waals surface area contributed by atoms with Crippen molar-refractivity contribution in [2.75, 3.05) is 32.1 Å². The number of nitrogens with zero attached hydrogens (tertiary/aromatic N) is 3. The Kier molecular flexibility index (Phi) is 9.44. The zero-order chi connectivity index (χ0) is 29.0. The SMILES string of the molecule is Cc1noc(C)c1NC(=O)N(C)C[C@@H]1Oc2cc(C#CCC3CCCC3)ccc2S(=O)(=O)N([C@H](C)CO)C[C@H]1C. The lowest BCUT2D eigenvalue weighted by Crippen LogP contribution is -2.50. The van der Waals surface area contributed by atoms with Gasteiger partial charge in [-0.3, -0.25) is 0 Å². The van der Waals surface area contributed by atoms with Gasteiger partial charge in [-0.15, -0.1) is 0 Å². The summed E-state index contributed by atoms with van der Waals surface area (Å²) in [5, 5.41) is 16.6. The van der Waals surface area contributed by atoms with Crippen LogP contribution in [0.5, 0.6) is 5.75 Å². The van der Waals surface area contributed by atoms with Crippen molar-refractivity contribution in [2.45, 2.75) is 76.8 Å². The van der Waals surface area contributed by atoms with Crippen molar-refractivity contribution in [3.05, 3.63) is 35.2 Å². The average Bonchev–Trinajstić information content (AvgIpc) is 3.55. The Morgan fingerprint density at radius 3 is 2.67 bits per heavy atom. The van der Waals surface area contributed by atoms with E-state index in [0.717, 1.165) is 6.42 Å². The molecule has 1 saturated carbocycles. The monoisotopic (exact) mass is 572 g/mol. The van der Waals surface area contributed by atoms with Gasteiger partial charge in [0.25, 0.3) is 0 Å².